The Bertz CT molecular complexity index is 557. The van der Waals surface area contributed by atoms with Gasteiger partial charge >= 0.3 is 5.97 Å². The fourth-order valence-electron chi connectivity index (χ4n) is 2.54. The first-order chi connectivity index (χ1) is 9.39. The number of carbonyl (C=O) groups is 2. The Morgan fingerprint density at radius 3 is 2.60 bits per heavy atom. The molecule has 0 aromatic carbocycles. The van der Waals surface area contributed by atoms with Gasteiger partial charge in [-0.25, -0.2) is 9.48 Å². The van der Waals surface area contributed by atoms with Crippen LogP contribution in [0, 0.1) is 5.92 Å². The van der Waals surface area contributed by atoms with Gasteiger partial charge in [0.1, 0.15) is 0 Å². The van der Waals surface area contributed by atoms with Crippen molar-refractivity contribution in [1.82, 2.24) is 19.9 Å². The van der Waals surface area contributed by atoms with Crippen molar-refractivity contribution in [3.63, 3.8) is 0 Å². The summed E-state index contributed by atoms with van der Waals surface area (Å²) in [5, 5.41) is 16.1. The summed E-state index contributed by atoms with van der Waals surface area (Å²) >= 11 is 0. The SMILES string of the molecule is CC(N)(C(=O)N1CC(n2cc(C(=O)O)nn2)C1)C1CC1. The molecular formula is C12H17N5O3. The Labute approximate surface area is 115 Å². The molecule has 1 aliphatic heterocycles. The number of amides is 1. The zero-order valence-electron chi connectivity index (χ0n) is 11.2. The van der Waals surface area contributed by atoms with Crippen molar-refractivity contribution in [3.05, 3.63) is 11.9 Å². The average Bonchev–Trinajstić information content (AvgIpc) is 3.07. The Kier molecular flexibility index (Phi) is 2.79. The fraction of sp³-hybridized carbons (Fsp3) is 0.667. The number of rotatable bonds is 4. The van der Waals surface area contributed by atoms with Crippen molar-refractivity contribution in [3.8, 4) is 0 Å². The monoisotopic (exact) mass is 279 g/mol. The molecule has 20 heavy (non-hydrogen) atoms. The highest BCUT2D eigenvalue weighted by Crippen LogP contribution is 2.40. The van der Waals surface area contributed by atoms with Crippen LogP contribution in [-0.4, -0.2) is 55.5 Å². The molecule has 108 valence electrons. The Morgan fingerprint density at radius 1 is 1.45 bits per heavy atom. The lowest BCUT2D eigenvalue weighted by Gasteiger charge is -2.42. The van der Waals surface area contributed by atoms with Gasteiger partial charge in [0.25, 0.3) is 0 Å². The number of carbonyl (C=O) groups excluding carboxylic acids is 1. The molecule has 0 bridgehead atoms. The molecule has 3 N–H and O–H groups in total. The first-order valence-electron chi connectivity index (χ1n) is 6.63. The van der Waals surface area contributed by atoms with Crippen LogP contribution >= 0.6 is 0 Å². The van der Waals surface area contributed by atoms with Gasteiger partial charge in [-0.05, 0) is 25.7 Å². The van der Waals surface area contributed by atoms with Crippen LogP contribution in [0.4, 0.5) is 0 Å². The number of nitrogens with two attached hydrogens (primary N) is 1. The molecule has 2 heterocycles. The van der Waals surface area contributed by atoms with Gasteiger partial charge in [-0.15, -0.1) is 5.10 Å². The van der Waals surface area contributed by atoms with Gasteiger partial charge in [0.05, 0.1) is 17.8 Å². The maximum absolute atomic E-state index is 12.3. The third kappa shape index (κ3) is 2.05. The number of hydrogen-bond donors (Lipinski definition) is 2. The van der Waals surface area contributed by atoms with E-state index in [0.717, 1.165) is 12.8 Å². The van der Waals surface area contributed by atoms with Crippen LogP contribution in [0.3, 0.4) is 0 Å². The van der Waals surface area contributed by atoms with Gasteiger partial charge in [-0.3, -0.25) is 4.79 Å². The zero-order chi connectivity index (χ0) is 14.5. The molecule has 8 heteroatoms. The van der Waals surface area contributed by atoms with Gasteiger partial charge in [-0.2, -0.15) is 0 Å². The molecule has 3 rings (SSSR count). The molecule has 1 aliphatic carbocycles. The largest absolute Gasteiger partial charge is 0.476 e. The Morgan fingerprint density at radius 2 is 2.10 bits per heavy atom. The highest BCUT2D eigenvalue weighted by Gasteiger charge is 2.48. The third-order valence-corrected chi connectivity index (χ3v) is 4.14. The molecule has 1 unspecified atom stereocenters. The predicted octanol–water partition coefficient (Wildman–Crippen LogP) is -0.513. The number of carboxylic acid groups (broad SMARTS) is 1. The zero-order valence-corrected chi connectivity index (χ0v) is 11.2. The van der Waals surface area contributed by atoms with E-state index in [4.69, 9.17) is 10.8 Å². The minimum atomic E-state index is -1.10. The van der Waals surface area contributed by atoms with E-state index < -0.39 is 11.5 Å². The summed E-state index contributed by atoms with van der Waals surface area (Å²) in [6.07, 6.45) is 3.42. The molecule has 2 fully saturated rings. The summed E-state index contributed by atoms with van der Waals surface area (Å²) in [4.78, 5) is 24.7. The van der Waals surface area contributed by atoms with Gasteiger partial charge in [0.15, 0.2) is 5.69 Å². The van der Waals surface area contributed by atoms with E-state index in [-0.39, 0.29) is 17.6 Å². The van der Waals surface area contributed by atoms with Crippen LogP contribution in [0.1, 0.15) is 36.3 Å². The highest BCUT2D eigenvalue weighted by atomic mass is 16.4. The average molecular weight is 279 g/mol. The number of nitrogens with zero attached hydrogens (tertiary/aromatic N) is 4. The number of aromatic nitrogens is 3. The van der Waals surface area contributed by atoms with Crippen molar-refractivity contribution in [2.45, 2.75) is 31.3 Å². The lowest BCUT2D eigenvalue weighted by atomic mass is 9.93. The minimum Gasteiger partial charge on any atom is -0.476 e. The quantitative estimate of drug-likeness (QED) is 0.767. The second-order valence-corrected chi connectivity index (χ2v) is 5.81. The first-order valence-corrected chi connectivity index (χ1v) is 6.63. The fourth-order valence-corrected chi connectivity index (χ4v) is 2.54. The molecule has 1 atom stereocenters. The topological polar surface area (TPSA) is 114 Å². The molecule has 1 aromatic heterocycles. The van der Waals surface area contributed by atoms with E-state index in [2.05, 4.69) is 10.3 Å². The van der Waals surface area contributed by atoms with E-state index >= 15 is 0 Å². The predicted molar refractivity (Wildman–Crippen MR) is 67.9 cm³/mol. The lowest BCUT2D eigenvalue weighted by molar-refractivity contribution is -0.143. The maximum Gasteiger partial charge on any atom is 0.358 e. The van der Waals surface area contributed by atoms with E-state index in [0.29, 0.717) is 19.0 Å². The molecule has 8 nitrogen and oxygen atoms in total. The van der Waals surface area contributed by atoms with Crippen LogP contribution in [-0.2, 0) is 4.79 Å². The molecule has 0 spiro atoms. The Balaban J connectivity index is 1.60. The van der Waals surface area contributed by atoms with Crippen LogP contribution < -0.4 is 5.73 Å². The van der Waals surface area contributed by atoms with E-state index in [1.165, 1.54) is 10.9 Å². The van der Waals surface area contributed by atoms with E-state index in [1.54, 1.807) is 11.8 Å². The lowest BCUT2D eigenvalue weighted by Crippen LogP contribution is -2.61. The van der Waals surface area contributed by atoms with E-state index in [9.17, 15) is 9.59 Å². The maximum atomic E-state index is 12.3. The first kappa shape index (κ1) is 13.0. The van der Waals surface area contributed by atoms with Crippen LogP contribution in [0.25, 0.3) is 0 Å². The summed E-state index contributed by atoms with van der Waals surface area (Å²) in [7, 11) is 0. The normalized spacial score (nSPS) is 22.2. The van der Waals surface area contributed by atoms with Gasteiger partial charge < -0.3 is 15.7 Å². The van der Waals surface area contributed by atoms with Crippen molar-refractivity contribution in [2.24, 2.45) is 11.7 Å². The Hall–Kier alpha value is -1.96. The summed E-state index contributed by atoms with van der Waals surface area (Å²) in [6, 6.07) is -0.0189. The molecule has 1 saturated heterocycles. The molecule has 1 amide bonds. The van der Waals surface area contributed by atoms with Crippen LogP contribution in [0.2, 0.25) is 0 Å². The smallest absolute Gasteiger partial charge is 0.358 e. The van der Waals surface area contributed by atoms with Gasteiger partial charge in [-0.1, -0.05) is 5.21 Å². The number of carboxylic acids is 1. The van der Waals surface area contributed by atoms with Crippen molar-refractivity contribution < 1.29 is 14.7 Å². The van der Waals surface area contributed by atoms with E-state index in [1.807, 2.05) is 0 Å². The number of hydrogen-bond acceptors (Lipinski definition) is 5. The summed E-state index contributed by atoms with van der Waals surface area (Å²) in [5.74, 6) is -0.847. The second kappa shape index (κ2) is 4.27. The summed E-state index contributed by atoms with van der Waals surface area (Å²) in [5.41, 5.74) is 5.24. The summed E-state index contributed by atoms with van der Waals surface area (Å²) < 4.78 is 1.50. The third-order valence-electron chi connectivity index (χ3n) is 4.14. The van der Waals surface area contributed by atoms with Gasteiger partial charge in [0.2, 0.25) is 5.91 Å². The van der Waals surface area contributed by atoms with Crippen LogP contribution in [0.15, 0.2) is 6.20 Å². The molecule has 0 radical (unpaired) electrons. The van der Waals surface area contributed by atoms with Crippen molar-refractivity contribution in [2.75, 3.05) is 13.1 Å². The molecule has 1 saturated carbocycles. The van der Waals surface area contributed by atoms with Gasteiger partial charge in [0, 0.05) is 13.1 Å². The number of likely N-dealkylation sites (tertiary alicyclic amines) is 1. The molecule has 1 aromatic rings. The molecule has 2 aliphatic rings. The van der Waals surface area contributed by atoms with Crippen molar-refractivity contribution >= 4 is 11.9 Å². The second-order valence-electron chi connectivity index (χ2n) is 5.81. The molecular weight excluding hydrogens is 262 g/mol. The summed E-state index contributed by atoms with van der Waals surface area (Å²) in [6.45, 7) is 2.79. The van der Waals surface area contributed by atoms with Crippen LogP contribution in [0.5, 0.6) is 0 Å². The van der Waals surface area contributed by atoms with Crippen molar-refractivity contribution in [1.29, 1.82) is 0 Å². The highest BCUT2D eigenvalue weighted by molar-refractivity contribution is 5.87. The number of aromatic carboxylic acids is 1. The standard InChI is InChI=1S/C12H17N5O3/c1-12(13,7-2-3-7)11(20)16-4-8(5-16)17-6-9(10(18)19)14-15-17/h6-8H,2-5,13H2,1H3,(H,18,19). The minimum absolute atomic E-state index is 0.0189.